The van der Waals surface area contributed by atoms with E-state index in [9.17, 15) is 4.79 Å². The highest BCUT2D eigenvalue weighted by molar-refractivity contribution is 7.10. The molecule has 0 spiro atoms. The largest absolute Gasteiger partial charge is 0.324 e. The Morgan fingerprint density at radius 2 is 2.37 bits per heavy atom. The number of hydrogen-bond donors (Lipinski definition) is 1. The average Bonchev–Trinajstić information content (AvgIpc) is 2.91. The molecule has 19 heavy (non-hydrogen) atoms. The summed E-state index contributed by atoms with van der Waals surface area (Å²) in [6, 6.07) is 5.65. The molecule has 100 valence electrons. The Morgan fingerprint density at radius 3 is 3.00 bits per heavy atom. The van der Waals surface area contributed by atoms with E-state index in [1.54, 1.807) is 18.1 Å². The van der Waals surface area contributed by atoms with Gasteiger partial charge in [-0.1, -0.05) is 10.6 Å². The van der Waals surface area contributed by atoms with E-state index in [2.05, 4.69) is 19.9 Å². The molecule has 0 aliphatic rings. The molecule has 6 nitrogen and oxygen atoms in total. The summed E-state index contributed by atoms with van der Waals surface area (Å²) in [5, 5.41) is 7.06. The van der Waals surface area contributed by atoms with E-state index >= 15 is 0 Å². The van der Waals surface area contributed by atoms with Crippen LogP contribution in [0.25, 0.3) is 0 Å². The van der Waals surface area contributed by atoms with Gasteiger partial charge < -0.3 is 4.90 Å². The SMILES string of the molecule is C[C@H](Cc1ccccn1)N(C)C(=O)Nc1cnns1. The van der Waals surface area contributed by atoms with Crippen molar-refractivity contribution in [2.24, 2.45) is 0 Å². The van der Waals surface area contributed by atoms with Gasteiger partial charge in [0.1, 0.15) is 5.00 Å². The number of hydrogen-bond acceptors (Lipinski definition) is 5. The minimum atomic E-state index is -0.172. The number of aromatic nitrogens is 3. The molecule has 2 heterocycles. The Labute approximate surface area is 115 Å². The zero-order valence-electron chi connectivity index (χ0n) is 10.8. The second kappa shape index (κ2) is 6.24. The first-order valence-electron chi connectivity index (χ1n) is 5.88. The highest BCUT2D eigenvalue weighted by Gasteiger charge is 2.17. The third-order valence-corrected chi connectivity index (χ3v) is 3.38. The number of likely N-dealkylation sites (N-methyl/N-ethyl adjacent to an activating group) is 1. The van der Waals surface area contributed by atoms with Crippen LogP contribution in [0.5, 0.6) is 0 Å². The molecule has 0 aromatic carbocycles. The van der Waals surface area contributed by atoms with Crippen molar-refractivity contribution in [2.45, 2.75) is 19.4 Å². The Bertz CT molecular complexity index is 516. The molecule has 1 N–H and O–H groups in total. The molecule has 0 saturated carbocycles. The van der Waals surface area contributed by atoms with Crippen LogP contribution in [0.15, 0.2) is 30.6 Å². The maximum absolute atomic E-state index is 12.0. The topological polar surface area (TPSA) is 71.0 Å². The van der Waals surface area contributed by atoms with Crippen molar-refractivity contribution in [3.8, 4) is 0 Å². The lowest BCUT2D eigenvalue weighted by atomic mass is 10.1. The molecule has 0 saturated heterocycles. The van der Waals surface area contributed by atoms with Gasteiger partial charge in [-0.15, -0.1) is 5.10 Å². The molecule has 2 amide bonds. The molecular weight excluding hydrogens is 262 g/mol. The number of carbonyl (C=O) groups excluding carboxylic acids is 1. The van der Waals surface area contributed by atoms with Crippen LogP contribution in [0, 0.1) is 0 Å². The van der Waals surface area contributed by atoms with Gasteiger partial charge in [0.25, 0.3) is 0 Å². The van der Waals surface area contributed by atoms with Gasteiger partial charge >= 0.3 is 6.03 Å². The normalized spacial score (nSPS) is 11.9. The fraction of sp³-hybridized carbons (Fsp3) is 0.333. The number of nitrogens with one attached hydrogen (secondary N) is 1. The van der Waals surface area contributed by atoms with E-state index in [0.717, 1.165) is 17.2 Å². The lowest BCUT2D eigenvalue weighted by molar-refractivity contribution is 0.207. The van der Waals surface area contributed by atoms with E-state index < -0.39 is 0 Å². The first-order valence-corrected chi connectivity index (χ1v) is 6.65. The van der Waals surface area contributed by atoms with Crippen molar-refractivity contribution in [1.82, 2.24) is 19.5 Å². The highest BCUT2D eigenvalue weighted by atomic mass is 32.1. The number of anilines is 1. The summed E-state index contributed by atoms with van der Waals surface area (Å²) < 4.78 is 3.70. The minimum absolute atomic E-state index is 0.0516. The first kappa shape index (κ1) is 13.4. The summed E-state index contributed by atoms with van der Waals surface area (Å²) in [5.41, 5.74) is 0.967. The number of rotatable bonds is 4. The van der Waals surface area contributed by atoms with Crippen LogP contribution in [0.3, 0.4) is 0 Å². The van der Waals surface area contributed by atoms with Crippen LogP contribution in [-0.2, 0) is 6.42 Å². The van der Waals surface area contributed by atoms with Gasteiger partial charge in [-0.2, -0.15) is 0 Å². The van der Waals surface area contributed by atoms with Crippen molar-refractivity contribution in [2.75, 3.05) is 12.4 Å². The van der Waals surface area contributed by atoms with Crippen LogP contribution in [0.4, 0.5) is 9.80 Å². The van der Waals surface area contributed by atoms with Crippen molar-refractivity contribution in [3.05, 3.63) is 36.3 Å². The number of urea groups is 1. The van der Waals surface area contributed by atoms with Crippen molar-refractivity contribution in [3.63, 3.8) is 0 Å². The summed E-state index contributed by atoms with van der Waals surface area (Å²) in [4.78, 5) is 17.9. The van der Waals surface area contributed by atoms with Crippen LogP contribution in [0.1, 0.15) is 12.6 Å². The molecule has 0 radical (unpaired) electrons. The predicted molar refractivity (Wildman–Crippen MR) is 74.1 cm³/mol. The van der Waals surface area contributed by atoms with Crippen LogP contribution < -0.4 is 5.32 Å². The Hall–Kier alpha value is -2.02. The molecule has 1 atom stereocenters. The molecule has 0 aliphatic carbocycles. The summed E-state index contributed by atoms with van der Waals surface area (Å²) in [5.74, 6) is 0. The summed E-state index contributed by atoms with van der Waals surface area (Å²) in [6.45, 7) is 1.99. The molecular formula is C12H15N5OS. The number of nitrogens with zero attached hydrogens (tertiary/aromatic N) is 4. The summed E-state index contributed by atoms with van der Waals surface area (Å²) in [7, 11) is 1.76. The van der Waals surface area contributed by atoms with Gasteiger partial charge in [-0.05, 0) is 19.1 Å². The molecule has 0 unspecified atom stereocenters. The molecule has 7 heteroatoms. The van der Waals surface area contributed by atoms with Crippen molar-refractivity contribution in [1.29, 1.82) is 0 Å². The van der Waals surface area contributed by atoms with Crippen molar-refractivity contribution >= 4 is 22.6 Å². The maximum Gasteiger partial charge on any atom is 0.322 e. The standard InChI is InChI=1S/C12H15N5OS/c1-9(7-10-5-3-4-6-13-10)17(2)12(18)15-11-8-14-16-19-11/h3-6,8-9H,7H2,1-2H3,(H,15,18)/t9-/m1/s1. The lowest BCUT2D eigenvalue weighted by Gasteiger charge is -2.24. The number of carbonyl (C=O) groups is 1. The second-order valence-electron chi connectivity index (χ2n) is 4.20. The van der Waals surface area contributed by atoms with Gasteiger partial charge in [-0.25, -0.2) is 4.79 Å². The fourth-order valence-corrected chi connectivity index (χ4v) is 1.98. The molecule has 2 aromatic rings. The van der Waals surface area contributed by atoms with Crippen molar-refractivity contribution < 1.29 is 4.79 Å². The van der Waals surface area contributed by atoms with E-state index in [1.807, 2.05) is 25.1 Å². The third-order valence-electron chi connectivity index (χ3n) is 2.80. The fourth-order valence-electron chi connectivity index (χ4n) is 1.57. The lowest BCUT2D eigenvalue weighted by Crippen LogP contribution is -2.39. The Kier molecular flexibility index (Phi) is 4.40. The predicted octanol–water partition coefficient (Wildman–Crippen LogP) is 2.03. The van der Waals surface area contributed by atoms with Gasteiger partial charge in [0, 0.05) is 42.9 Å². The van der Waals surface area contributed by atoms with Crippen LogP contribution >= 0.6 is 11.5 Å². The quantitative estimate of drug-likeness (QED) is 0.928. The smallest absolute Gasteiger partial charge is 0.322 e. The monoisotopic (exact) mass is 277 g/mol. The molecule has 2 rings (SSSR count). The molecule has 2 aromatic heterocycles. The number of amides is 2. The van der Waals surface area contributed by atoms with E-state index in [1.165, 1.54) is 6.20 Å². The summed E-state index contributed by atoms with van der Waals surface area (Å²) >= 11 is 1.15. The molecule has 0 bridgehead atoms. The maximum atomic E-state index is 12.0. The third kappa shape index (κ3) is 3.72. The summed E-state index contributed by atoms with van der Waals surface area (Å²) in [6.07, 6.45) is 4.00. The zero-order chi connectivity index (χ0) is 13.7. The van der Waals surface area contributed by atoms with Crippen LogP contribution in [0.2, 0.25) is 0 Å². The van der Waals surface area contributed by atoms with E-state index in [4.69, 9.17) is 0 Å². The van der Waals surface area contributed by atoms with Gasteiger partial charge in [0.05, 0.1) is 6.20 Å². The first-order chi connectivity index (χ1) is 9.16. The Balaban J connectivity index is 1.91. The van der Waals surface area contributed by atoms with E-state index in [0.29, 0.717) is 11.4 Å². The zero-order valence-corrected chi connectivity index (χ0v) is 11.6. The molecule has 0 fully saturated rings. The van der Waals surface area contributed by atoms with E-state index in [-0.39, 0.29) is 12.1 Å². The Morgan fingerprint density at radius 1 is 1.53 bits per heavy atom. The van der Waals surface area contributed by atoms with Crippen LogP contribution in [-0.4, -0.2) is 38.6 Å². The van der Waals surface area contributed by atoms with Gasteiger partial charge in [0.2, 0.25) is 0 Å². The molecule has 0 aliphatic heterocycles. The minimum Gasteiger partial charge on any atom is -0.324 e. The second-order valence-corrected chi connectivity index (χ2v) is 4.98. The van der Waals surface area contributed by atoms with Gasteiger partial charge in [0.15, 0.2) is 0 Å². The number of pyridine rings is 1. The highest BCUT2D eigenvalue weighted by Crippen LogP contribution is 2.12. The van der Waals surface area contributed by atoms with Gasteiger partial charge in [-0.3, -0.25) is 10.3 Å². The average molecular weight is 277 g/mol.